The average molecular weight is 358 g/mol. The highest BCUT2D eigenvalue weighted by Crippen LogP contribution is 2.11. The summed E-state index contributed by atoms with van der Waals surface area (Å²) in [6.07, 6.45) is 5.53. The number of aryl methyl sites for hydroxylation is 2. The van der Waals surface area contributed by atoms with Crippen molar-refractivity contribution < 1.29 is 43.1 Å². The topological polar surface area (TPSA) is 7.76 Å². The Labute approximate surface area is 122 Å². The van der Waals surface area contributed by atoms with Gasteiger partial charge >= 0.3 is 0 Å². The highest BCUT2D eigenvalue weighted by molar-refractivity contribution is 5.45. The molecule has 17 heavy (non-hydrogen) atoms. The maximum absolute atomic E-state index is 2.33. The molecule has 0 N–H and O–H groups in total. The Balaban J connectivity index is 0.000000722. The minimum absolute atomic E-state index is 0. The van der Waals surface area contributed by atoms with E-state index in [1.165, 1.54) is 17.8 Å². The largest absolute Gasteiger partial charge is 1.00 e. The number of nitrogens with zero attached hydrogens (tertiary/aromatic N) is 2. The Morgan fingerprint density at radius 3 is 1.65 bits per heavy atom. The van der Waals surface area contributed by atoms with Gasteiger partial charge in [-0.3, -0.25) is 0 Å². The summed E-state index contributed by atoms with van der Waals surface area (Å²) < 4.78 is 4.66. The summed E-state index contributed by atoms with van der Waals surface area (Å²) in [5, 5.41) is 0. The predicted octanol–water partition coefficient (Wildman–Crippen LogP) is -4.66. The van der Waals surface area contributed by atoms with Crippen molar-refractivity contribution in [3.05, 3.63) is 48.8 Å². The van der Waals surface area contributed by atoms with Crippen molar-refractivity contribution in [2.24, 2.45) is 0 Å². The molecular weight excluding hydrogens is 344 g/mol. The van der Waals surface area contributed by atoms with Gasteiger partial charge in [0.15, 0.2) is 25.5 Å². The van der Waals surface area contributed by atoms with Crippen LogP contribution in [0.2, 0.25) is 0 Å². The van der Waals surface area contributed by atoms with E-state index in [-0.39, 0.29) is 34.0 Å². The van der Waals surface area contributed by atoms with Crippen LogP contribution in [0.25, 0.3) is 11.4 Å². The van der Waals surface area contributed by atoms with E-state index in [1.807, 2.05) is 0 Å². The summed E-state index contributed by atoms with van der Waals surface area (Å²) in [6.45, 7) is 2.22. The lowest BCUT2D eigenvalue weighted by Crippen LogP contribution is -3.00. The van der Waals surface area contributed by atoms with Crippen molar-refractivity contribution in [2.75, 3.05) is 0 Å². The van der Waals surface area contributed by atoms with E-state index in [0.717, 1.165) is 13.1 Å². The van der Waals surface area contributed by atoms with E-state index in [1.54, 1.807) is 0 Å². The van der Waals surface area contributed by atoms with Crippen LogP contribution >= 0.6 is 0 Å². The van der Waals surface area contributed by atoms with Crippen molar-refractivity contribution >= 4 is 0 Å². The highest BCUT2D eigenvalue weighted by atomic mass is 79.9. The molecule has 3 heterocycles. The Hall–Kier alpha value is -0.740. The van der Waals surface area contributed by atoms with E-state index in [4.69, 9.17) is 0 Å². The lowest BCUT2D eigenvalue weighted by atomic mass is 10.2. The van der Waals surface area contributed by atoms with Gasteiger partial charge in [0.25, 0.3) is 11.4 Å². The fraction of sp³-hybridized carbons (Fsp3) is 0.231. The smallest absolute Gasteiger partial charge is 0.277 e. The van der Waals surface area contributed by atoms with Crippen molar-refractivity contribution in [2.45, 2.75) is 19.5 Å². The molecular formula is C13H14Br2N2. The van der Waals surface area contributed by atoms with Gasteiger partial charge in [0.1, 0.15) is 0 Å². The molecule has 0 aliphatic carbocycles. The molecule has 2 aromatic heterocycles. The Kier molecular flexibility index (Phi) is 5.28. The second-order valence-corrected chi connectivity index (χ2v) is 3.91. The molecule has 0 saturated heterocycles. The monoisotopic (exact) mass is 356 g/mol. The van der Waals surface area contributed by atoms with Crippen LogP contribution in [0.5, 0.6) is 0 Å². The van der Waals surface area contributed by atoms with E-state index in [2.05, 4.69) is 57.9 Å². The summed E-state index contributed by atoms with van der Waals surface area (Å²) >= 11 is 0. The van der Waals surface area contributed by atoms with Crippen LogP contribution in [0, 0.1) is 0 Å². The van der Waals surface area contributed by atoms with Crippen molar-refractivity contribution in [1.82, 2.24) is 0 Å². The highest BCUT2D eigenvalue weighted by Gasteiger charge is 2.24. The van der Waals surface area contributed by atoms with Crippen molar-refractivity contribution in [3.8, 4) is 11.4 Å². The van der Waals surface area contributed by atoms with Crippen LogP contribution in [0.1, 0.15) is 6.42 Å². The summed E-state index contributed by atoms with van der Waals surface area (Å²) in [6, 6.07) is 12.8. The Morgan fingerprint density at radius 1 is 0.706 bits per heavy atom. The van der Waals surface area contributed by atoms with Gasteiger partial charge in [-0.05, 0) is 12.1 Å². The summed E-state index contributed by atoms with van der Waals surface area (Å²) in [5.41, 5.74) is 2.63. The lowest BCUT2D eigenvalue weighted by Gasteiger charge is -1.97. The first-order chi connectivity index (χ1) is 7.45. The first-order valence-corrected chi connectivity index (χ1v) is 5.42. The van der Waals surface area contributed by atoms with Gasteiger partial charge in [-0.25, -0.2) is 0 Å². The molecule has 3 rings (SSSR count). The fourth-order valence-corrected chi connectivity index (χ4v) is 2.22. The molecule has 0 aromatic carbocycles. The van der Waals surface area contributed by atoms with Crippen LogP contribution in [0.15, 0.2) is 48.8 Å². The quantitative estimate of drug-likeness (QED) is 0.419. The molecule has 4 heteroatoms. The molecule has 0 amide bonds. The summed E-state index contributed by atoms with van der Waals surface area (Å²) in [4.78, 5) is 0. The molecule has 0 fully saturated rings. The summed E-state index contributed by atoms with van der Waals surface area (Å²) in [5.74, 6) is 0. The average Bonchev–Trinajstić information content (AvgIpc) is 2.48. The minimum Gasteiger partial charge on any atom is -1.00 e. The van der Waals surface area contributed by atoms with Crippen LogP contribution in [-0.2, 0) is 13.1 Å². The van der Waals surface area contributed by atoms with Gasteiger partial charge in [0, 0.05) is 24.3 Å². The van der Waals surface area contributed by atoms with Gasteiger partial charge < -0.3 is 34.0 Å². The standard InChI is InChI=1S/C13H14N2.2BrH/c1-3-8-14-10-5-11-15-9-4-2-7-13(15)12(14)6-1;;/h1-4,6-9H,5,10-11H2;2*1H/q+2;;/p-2. The Morgan fingerprint density at radius 2 is 1.18 bits per heavy atom. The zero-order valence-electron chi connectivity index (χ0n) is 9.39. The van der Waals surface area contributed by atoms with Crippen LogP contribution in [-0.4, -0.2) is 0 Å². The minimum atomic E-state index is 0. The molecule has 0 spiro atoms. The number of fused-ring (bicyclic) bond motifs is 3. The van der Waals surface area contributed by atoms with E-state index >= 15 is 0 Å². The fourth-order valence-electron chi connectivity index (χ4n) is 2.22. The van der Waals surface area contributed by atoms with Crippen LogP contribution in [0.4, 0.5) is 0 Å². The molecule has 2 aromatic rings. The number of hydrogen-bond donors (Lipinski definition) is 0. The lowest BCUT2D eigenvalue weighted by molar-refractivity contribution is -0.688. The number of halogens is 2. The zero-order chi connectivity index (χ0) is 10.1. The van der Waals surface area contributed by atoms with Gasteiger partial charge in [0.2, 0.25) is 0 Å². The Bertz CT molecular complexity index is 455. The van der Waals surface area contributed by atoms with Crippen molar-refractivity contribution in [3.63, 3.8) is 0 Å². The van der Waals surface area contributed by atoms with Gasteiger partial charge in [-0.1, -0.05) is 0 Å². The van der Waals surface area contributed by atoms with E-state index in [0.29, 0.717) is 0 Å². The number of pyridine rings is 2. The maximum atomic E-state index is 2.33. The molecule has 2 nitrogen and oxygen atoms in total. The molecule has 1 aliphatic heterocycles. The maximum Gasteiger partial charge on any atom is 0.277 e. The second kappa shape index (κ2) is 6.26. The first-order valence-electron chi connectivity index (χ1n) is 5.42. The van der Waals surface area contributed by atoms with E-state index < -0.39 is 0 Å². The van der Waals surface area contributed by atoms with Crippen LogP contribution in [0.3, 0.4) is 0 Å². The third-order valence-corrected chi connectivity index (χ3v) is 2.94. The summed E-state index contributed by atoms with van der Waals surface area (Å²) in [7, 11) is 0. The van der Waals surface area contributed by atoms with Gasteiger partial charge in [-0.15, -0.1) is 0 Å². The number of hydrogen-bond acceptors (Lipinski definition) is 0. The third kappa shape index (κ3) is 2.75. The molecule has 0 saturated carbocycles. The van der Waals surface area contributed by atoms with Gasteiger partial charge in [0.05, 0.1) is 6.42 Å². The van der Waals surface area contributed by atoms with Gasteiger partial charge in [-0.2, -0.15) is 9.13 Å². The zero-order valence-corrected chi connectivity index (χ0v) is 12.6. The van der Waals surface area contributed by atoms with Crippen molar-refractivity contribution in [1.29, 1.82) is 0 Å². The van der Waals surface area contributed by atoms with Crippen LogP contribution < -0.4 is 43.1 Å². The first kappa shape index (κ1) is 14.3. The number of rotatable bonds is 0. The molecule has 90 valence electrons. The molecule has 0 bridgehead atoms. The number of aromatic nitrogens is 2. The molecule has 1 aliphatic rings. The normalized spacial score (nSPS) is 12.2. The molecule has 0 radical (unpaired) electrons. The third-order valence-electron chi connectivity index (χ3n) is 2.94. The molecule has 0 atom stereocenters. The SMILES string of the molecule is [Br-].[Br-].c1cc[n+]2c(c1)-c1cccc[n+]1CCC2. The van der Waals surface area contributed by atoms with E-state index in [9.17, 15) is 0 Å². The second-order valence-electron chi connectivity index (χ2n) is 3.91. The molecule has 0 unspecified atom stereocenters. The predicted molar refractivity (Wildman–Crippen MR) is 56.9 cm³/mol.